The molecular formula is C26H22Cl2N2O3. The van der Waals surface area contributed by atoms with E-state index in [2.05, 4.69) is 10.3 Å². The fourth-order valence-corrected chi connectivity index (χ4v) is 3.92. The normalized spacial score (nSPS) is 11.6. The first kappa shape index (κ1) is 22.9. The van der Waals surface area contributed by atoms with E-state index in [9.17, 15) is 4.79 Å². The van der Waals surface area contributed by atoms with Crippen molar-refractivity contribution in [1.29, 1.82) is 0 Å². The standard InChI is InChI=1S/C26H22Cl2N2O3/c1-4-32-25-16(3)26-21(22(14-33-26)17-5-7-18(27)8-6-17)12-20(25)15(2)11-24(31)30-23-10-9-19(28)13-29-23/h5-14H,4H2,1-3H3,(H,29,30,31)/b15-11+. The molecule has 0 radical (unpaired) electrons. The van der Waals surface area contributed by atoms with Gasteiger partial charge in [-0.3, -0.25) is 4.79 Å². The maximum Gasteiger partial charge on any atom is 0.249 e. The Morgan fingerprint density at radius 3 is 2.55 bits per heavy atom. The zero-order chi connectivity index (χ0) is 23.5. The van der Waals surface area contributed by atoms with Crippen molar-refractivity contribution in [2.24, 2.45) is 0 Å². The van der Waals surface area contributed by atoms with Crippen LogP contribution in [0, 0.1) is 6.92 Å². The van der Waals surface area contributed by atoms with Crippen LogP contribution in [-0.2, 0) is 4.79 Å². The van der Waals surface area contributed by atoms with Crippen molar-refractivity contribution >= 4 is 51.5 Å². The summed E-state index contributed by atoms with van der Waals surface area (Å²) in [5, 5.41) is 4.85. The third-order valence-corrected chi connectivity index (χ3v) is 5.71. The Labute approximate surface area is 202 Å². The van der Waals surface area contributed by atoms with E-state index in [0.717, 1.165) is 38.8 Å². The number of fused-ring (bicyclic) bond motifs is 1. The van der Waals surface area contributed by atoms with Crippen molar-refractivity contribution < 1.29 is 13.9 Å². The second-order valence-electron chi connectivity index (χ2n) is 7.52. The van der Waals surface area contributed by atoms with Gasteiger partial charge in [0.15, 0.2) is 0 Å². The average Bonchev–Trinajstić information content (AvgIpc) is 3.22. The Hall–Kier alpha value is -3.28. The molecule has 0 bridgehead atoms. The van der Waals surface area contributed by atoms with Crippen LogP contribution in [0.15, 0.2) is 65.4 Å². The van der Waals surface area contributed by atoms with E-state index in [1.165, 1.54) is 12.3 Å². The number of hydrogen-bond donors (Lipinski definition) is 1. The molecule has 168 valence electrons. The monoisotopic (exact) mass is 480 g/mol. The summed E-state index contributed by atoms with van der Waals surface area (Å²) in [6.45, 7) is 6.24. The largest absolute Gasteiger partial charge is 0.493 e. The highest BCUT2D eigenvalue weighted by molar-refractivity contribution is 6.30. The summed E-state index contributed by atoms with van der Waals surface area (Å²) in [5.74, 6) is 0.811. The Morgan fingerprint density at radius 2 is 1.88 bits per heavy atom. The molecule has 0 fully saturated rings. The van der Waals surface area contributed by atoms with Gasteiger partial charge in [0.2, 0.25) is 5.91 Å². The van der Waals surface area contributed by atoms with Crippen LogP contribution in [0.25, 0.3) is 27.7 Å². The maximum absolute atomic E-state index is 12.6. The summed E-state index contributed by atoms with van der Waals surface area (Å²) in [5.41, 5.74) is 5.11. The van der Waals surface area contributed by atoms with Gasteiger partial charge in [-0.2, -0.15) is 0 Å². The van der Waals surface area contributed by atoms with Crippen LogP contribution in [0.1, 0.15) is 25.0 Å². The maximum atomic E-state index is 12.6. The summed E-state index contributed by atoms with van der Waals surface area (Å²) in [4.78, 5) is 16.7. The predicted molar refractivity (Wildman–Crippen MR) is 134 cm³/mol. The molecule has 0 unspecified atom stereocenters. The SMILES string of the molecule is CCOc1c(/C(C)=C/C(=O)Nc2ccc(Cl)cn2)cc2c(-c3ccc(Cl)cc3)coc2c1C. The van der Waals surface area contributed by atoms with E-state index in [-0.39, 0.29) is 5.91 Å². The third kappa shape index (κ3) is 4.90. The second-order valence-corrected chi connectivity index (χ2v) is 8.40. The smallest absolute Gasteiger partial charge is 0.249 e. The Kier molecular flexibility index (Phi) is 6.72. The number of hydrogen-bond acceptors (Lipinski definition) is 4. The summed E-state index contributed by atoms with van der Waals surface area (Å²) in [6.07, 6.45) is 4.75. The number of allylic oxidation sites excluding steroid dienone is 1. The Bertz CT molecular complexity index is 1340. The Balaban J connectivity index is 1.77. The number of aryl methyl sites for hydroxylation is 1. The lowest BCUT2D eigenvalue weighted by molar-refractivity contribution is -0.111. The number of anilines is 1. The van der Waals surface area contributed by atoms with Gasteiger partial charge in [-0.25, -0.2) is 4.98 Å². The molecule has 0 aliphatic rings. The lowest BCUT2D eigenvalue weighted by Crippen LogP contribution is -2.10. The van der Waals surface area contributed by atoms with Crippen LogP contribution in [0.5, 0.6) is 5.75 Å². The van der Waals surface area contributed by atoms with E-state index in [0.29, 0.717) is 28.2 Å². The number of nitrogens with zero attached hydrogens (tertiary/aromatic N) is 1. The van der Waals surface area contributed by atoms with E-state index in [1.807, 2.05) is 51.1 Å². The van der Waals surface area contributed by atoms with Crippen LogP contribution in [0.3, 0.4) is 0 Å². The van der Waals surface area contributed by atoms with Crippen molar-refractivity contribution in [3.05, 3.63) is 82.2 Å². The van der Waals surface area contributed by atoms with E-state index < -0.39 is 0 Å². The van der Waals surface area contributed by atoms with Crippen LogP contribution >= 0.6 is 23.2 Å². The van der Waals surface area contributed by atoms with E-state index in [1.54, 1.807) is 18.4 Å². The van der Waals surface area contributed by atoms with Crippen LogP contribution in [0.2, 0.25) is 10.0 Å². The number of furan rings is 1. The van der Waals surface area contributed by atoms with Crippen LogP contribution < -0.4 is 10.1 Å². The minimum atomic E-state index is -0.298. The fourth-order valence-electron chi connectivity index (χ4n) is 3.68. The molecule has 0 spiro atoms. The molecule has 4 rings (SSSR count). The molecule has 5 nitrogen and oxygen atoms in total. The summed E-state index contributed by atoms with van der Waals surface area (Å²) >= 11 is 11.9. The number of ether oxygens (including phenoxy) is 1. The number of pyridine rings is 1. The average molecular weight is 481 g/mol. The molecule has 4 aromatic rings. The minimum absolute atomic E-state index is 0.298. The first-order chi connectivity index (χ1) is 15.9. The lowest BCUT2D eigenvalue weighted by Gasteiger charge is -2.15. The molecule has 0 saturated heterocycles. The first-order valence-corrected chi connectivity index (χ1v) is 11.2. The van der Waals surface area contributed by atoms with Crippen molar-refractivity contribution in [3.63, 3.8) is 0 Å². The highest BCUT2D eigenvalue weighted by atomic mass is 35.5. The van der Waals surface area contributed by atoms with Gasteiger partial charge in [-0.05, 0) is 62.2 Å². The Morgan fingerprint density at radius 1 is 1.15 bits per heavy atom. The quantitative estimate of drug-likeness (QED) is 0.289. The number of halogens is 2. The van der Waals surface area contributed by atoms with Crippen molar-refractivity contribution in [2.45, 2.75) is 20.8 Å². The zero-order valence-corrected chi connectivity index (χ0v) is 19.9. The van der Waals surface area contributed by atoms with Crippen molar-refractivity contribution in [2.75, 3.05) is 11.9 Å². The molecule has 0 aliphatic heterocycles. The molecule has 2 heterocycles. The number of benzene rings is 2. The number of rotatable bonds is 6. The molecule has 0 aliphatic carbocycles. The van der Waals surface area contributed by atoms with E-state index >= 15 is 0 Å². The highest BCUT2D eigenvalue weighted by Crippen LogP contribution is 2.41. The van der Waals surface area contributed by atoms with Gasteiger partial charge in [0, 0.05) is 39.4 Å². The molecule has 0 atom stereocenters. The van der Waals surface area contributed by atoms with Crippen molar-refractivity contribution in [1.82, 2.24) is 4.98 Å². The number of carbonyl (C=O) groups excluding carboxylic acids is 1. The molecule has 7 heteroatoms. The molecule has 2 aromatic carbocycles. The van der Waals surface area contributed by atoms with Gasteiger partial charge >= 0.3 is 0 Å². The van der Waals surface area contributed by atoms with Crippen molar-refractivity contribution in [3.8, 4) is 16.9 Å². The molecule has 1 N–H and O–H groups in total. The second kappa shape index (κ2) is 9.69. The van der Waals surface area contributed by atoms with Gasteiger partial charge < -0.3 is 14.5 Å². The summed E-state index contributed by atoms with van der Waals surface area (Å²) in [7, 11) is 0. The molecule has 1 amide bonds. The highest BCUT2D eigenvalue weighted by Gasteiger charge is 2.19. The minimum Gasteiger partial charge on any atom is -0.493 e. The number of amides is 1. The van der Waals surface area contributed by atoms with Crippen LogP contribution in [0.4, 0.5) is 5.82 Å². The first-order valence-electron chi connectivity index (χ1n) is 10.4. The fraction of sp³-hybridized carbons (Fsp3) is 0.154. The van der Waals surface area contributed by atoms with Crippen LogP contribution in [-0.4, -0.2) is 17.5 Å². The van der Waals surface area contributed by atoms with Gasteiger partial charge in [0.1, 0.15) is 17.2 Å². The predicted octanol–water partition coefficient (Wildman–Crippen LogP) is 7.55. The molecule has 2 aromatic heterocycles. The summed E-state index contributed by atoms with van der Waals surface area (Å²) < 4.78 is 11.9. The van der Waals surface area contributed by atoms with Gasteiger partial charge in [0.25, 0.3) is 0 Å². The topological polar surface area (TPSA) is 64.4 Å². The van der Waals surface area contributed by atoms with Gasteiger partial charge in [0.05, 0.1) is 17.9 Å². The number of carbonyl (C=O) groups is 1. The molecular weight excluding hydrogens is 459 g/mol. The van der Waals surface area contributed by atoms with E-state index in [4.69, 9.17) is 32.4 Å². The molecule has 33 heavy (non-hydrogen) atoms. The van der Waals surface area contributed by atoms with Gasteiger partial charge in [-0.1, -0.05) is 35.3 Å². The molecule has 0 saturated carbocycles. The lowest BCUT2D eigenvalue weighted by atomic mass is 9.96. The third-order valence-electron chi connectivity index (χ3n) is 5.24. The number of aromatic nitrogens is 1. The van der Waals surface area contributed by atoms with Gasteiger partial charge in [-0.15, -0.1) is 0 Å². The number of nitrogens with one attached hydrogen (secondary N) is 1. The zero-order valence-electron chi connectivity index (χ0n) is 18.4. The summed E-state index contributed by atoms with van der Waals surface area (Å²) in [6, 6.07) is 12.9.